The van der Waals surface area contributed by atoms with E-state index in [0.29, 0.717) is 17.7 Å². The molecule has 7 heteroatoms. The lowest BCUT2D eigenvalue weighted by atomic mass is 10.1. The van der Waals surface area contributed by atoms with Gasteiger partial charge >= 0.3 is 5.97 Å². The highest BCUT2D eigenvalue weighted by molar-refractivity contribution is 5.91. The van der Waals surface area contributed by atoms with Crippen molar-refractivity contribution in [2.24, 2.45) is 5.10 Å². The van der Waals surface area contributed by atoms with E-state index in [-0.39, 0.29) is 12.5 Å². The number of aryl methyl sites for hydroxylation is 1. The van der Waals surface area contributed by atoms with Crippen LogP contribution < -0.4 is 15.5 Å². The summed E-state index contributed by atoms with van der Waals surface area (Å²) >= 11 is 0. The molecule has 0 aromatic heterocycles. The van der Waals surface area contributed by atoms with E-state index < -0.39 is 11.9 Å². The van der Waals surface area contributed by atoms with Crippen molar-refractivity contribution in [3.8, 4) is 5.75 Å². The first kappa shape index (κ1) is 30.7. The summed E-state index contributed by atoms with van der Waals surface area (Å²) in [4.78, 5) is 36.1. The maximum Gasteiger partial charge on any atom is 0.343 e. The van der Waals surface area contributed by atoms with Crippen molar-refractivity contribution in [1.29, 1.82) is 0 Å². The van der Waals surface area contributed by atoms with Gasteiger partial charge in [0.05, 0.1) is 18.3 Å². The van der Waals surface area contributed by atoms with Crippen LogP contribution in [0.2, 0.25) is 0 Å². The number of hydrogen-bond acceptors (Lipinski definition) is 5. The molecular weight excluding hydrogens is 478 g/mol. The number of nitrogens with zero attached hydrogens (tertiary/aromatic N) is 1. The van der Waals surface area contributed by atoms with Gasteiger partial charge in [-0.1, -0.05) is 88.8 Å². The van der Waals surface area contributed by atoms with Gasteiger partial charge in [0.2, 0.25) is 5.91 Å². The Labute approximate surface area is 227 Å². The molecule has 0 fully saturated rings. The van der Waals surface area contributed by atoms with E-state index in [4.69, 9.17) is 4.74 Å². The molecular formula is C31H43N3O4. The summed E-state index contributed by atoms with van der Waals surface area (Å²) in [6.45, 7) is 4.04. The van der Waals surface area contributed by atoms with Crippen LogP contribution in [0.5, 0.6) is 5.75 Å². The van der Waals surface area contributed by atoms with Crippen LogP contribution in [0.4, 0.5) is 0 Å². The summed E-state index contributed by atoms with van der Waals surface area (Å²) in [6, 6.07) is 14.0. The Morgan fingerprint density at radius 1 is 0.816 bits per heavy atom. The molecule has 0 spiro atoms. The SMILES string of the molecule is CCCCCCCCCCCCCC(=O)NCC(=O)NN=Cc1ccc(OC(=O)c2cccc(C)c2)cc1. The second-order valence-corrected chi connectivity index (χ2v) is 9.68. The number of benzene rings is 2. The summed E-state index contributed by atoms with van der Waals surface area (Å²) in [6.07, 6.45) is 15.5. The van der Waals surface area contributed by atoms with Crippen molar-refractivity contribution in [2.45, 2.75) is 90.9 Å². The zero-order valence-electron chi connectivity index (χ0n) is 23.0. The number of ether oxygens (including phenoxy) is 1. The predicted molar refractivity (Wildman–Crippen MR) is 152 cm³/mol. The number of hydrazone groups is 1. The normalized spacial score (nSPS) is 10.9. The summed E-state index contributed by atoms with van der Waals surface area (Å²) in [5, 5.41) is 6.55. The highest BCUT2D eigenvalue weighted by atomic mass is 16.5. The zero-order valence-corrected chi connectivity index (χ0v) is 23.0. The molecule has 38 heavy (non-hydrogen) atoms. The Hall–Kier alpha value is -3.48. The average Bonchev–Trinajstić information content (AvgIpc) is 2.91. The third kappa shape index (κ3) is 13.7. The van der Waals surface area contributed by atoms with Gasteiger partial charge in [-0.15, -0.1) is 0 Å². The number of amides is 2. The van der Waals surface area contributed by atoms with E-state index >= 15 is 0 Å². The second kappa shape index (κ2) is 18.7. The van der Waals surface area contributed by atoms with Crippen molar-refractivity contribution < 1.29 is 19.1 Å². The molecule has 2 N–H and O–H groups in total. The molecule has 0 aliphatic heterocycles. The highest BCUT2D eigenvalue weighted by Crippen LogP contribution is 2.15. The maximum atomic E-state index is 12.2. The largest absolute Gasteiger partial charge is 0.423 e. The van der Waals surface area contributed by atoms with Gasteiger partial charge in [-0.25, -0.2) is 10.2 Å². The van der Waals surface area contributed by atoms with Crippen LogP contribution in [-0.4, -0.2) is 30.5 Å². The molecule has 2 aromatic carbocycles. The molecule has 0 aliphatic rings. The first-order valence-corrected chi connectivity index (χ1v) is 14.0. The molecule has 0 radical (unpaired) electrons. The molecule has 0 aliphatic carbocycles. The van der Waals surface area contributed by atoms with Gasteiger partial charge < -0.3 is 10.1 Å². The van der Waals surface area contributed by atoms with Gasteiger partial charge in [0.1, 0.15) is 5.75 Å². The molecule has 0 bridgehead atoms. The minimum atomic E-state index is -0.423. The van der Waals surface area contributed by atoms with Gasteiger partial charge in [-0.05, 0) is 55.3 Å². The highest BCUT2D eigenvalue weighted by Gasteiger charge is 2.08. The molecule has 7 nitrogen and oxygen atoms in total. The van der Waals surface area contributed by atoms with E-state index in [1.807, 2.05) is 19.1 Å². The summed E-state index contributed by atoms with van der Waals surface area (Å²) in [5.41, 5.74) is 4.60. The lowest BCUT2D eigenvalue weighted by molar-refractivity contribution is -0.126. The molecule has 206 valence electrons. The summed E-state index contributed by atoms with van der Waals surface area (Å²) in [5.74, 6) is -0.515. The predicted octanol–water partition coefficient (Wildman–Crippen LogP) is 6.48. The second-order valence-electron chi connectivity index (χ2n) is 9.68. The fourth-order valence-electron chi connectivity index (χ4n) is 4.00. The van der Waals surface area contributed by atoms with Crippen molar-refractivity contribution in [3.63, 3.8) is 0 Å². The number of carbonyl (C=O) groups is 3. The third-order valence-electron chi connectivity index (χ3n) is 6.20. The molecule has 2 amide bonds. The topological polar surface area (TPSA) is 96.9 Å². The Kier molecular flexibility index (Phi) is 15.1. The standard InChI is InChI=1S/C31H43N3O4/c1-3-4-5-6-7-8-9-10-11-12-13-17-29(35)32-24-30(36)34-33-23-26-18-20-28(21-19-26)38-31(37)27-16-14-15-25(2)22-27/h14-16,18-23H,3-13,17,24H2,1-2H3,(H,32,35)(H,34,36). The van der Waals surface area contributed by atoms with Crippen LogP contribution >= 0.6 is 0 Å². The maximum absolute atomic E-state index is 12.2. The number of nitrogens with one attached hydrogen (secondary N) is 2. The zero-order chi connectivity index (χ0) is 27.4. The van der Waals surface area contributed by atoms with Crippen LogP contribution in [0.15, 0.2) is 53.6 Å². The van der Waals surface area contributed by atoms with Gasteiger partial charge in [-0.3, -0.25) is 9.59 Å². The first-order chi connectivity index (χ1) is 18.5. The minimum absolute atomic E-state index is 0.109. The molecule has 0 atom stereocenters. The van der Waals surface area contributed by atoms with E-state index in [9.17, 15) is 14.4 Å². The van der Waals surface area contributed by atoms with Crippen molar-refractivity contribution in [2.75, 3.05) is 6.54 Å². The van der Waals surface area contributed by atoms with Crippen molar-refractivity contribution in [1.82, 2.24) is 10.7 Å². The molecule has 0 saturated carbocycles. The number of esters is 1. The monoisotopic (exact) mass is 521 g/mol. The van der Waals surface area contributed by atoms with Crippen LogP contribution in [0.1, 0.15) is 105 Å². The van der Waals surface area contributed by atoms with Crippen LogP contribution in [-0.2, 0) is 9.59 Å². The fourth-order valence-corrected chi connectivity index (χ4v) is 4.00. The van der Waals surface area contributed by atoms with Gasteiger partial charge in [0.15, 0.2) is 0 Å². The van der Waals surface area contributed by atoms with Gasteiger partial charge in [0.25, 0.3) is 5.91 Å². The average molecular weight is 522 g/mol. The van der Waals surface area contributed by atoms with E-state index in [2.05, 4.69) is 22.8 Å². The number of unbranched alkanes of at least 4 members (excludes halogenated alkanes) is 10. The number of hydrogen-bond donors (Lipinski definition) is 2. The Balaban J connectivity index is 1.53. The molecule has 0 heterocycles. The lowest BCUT2D eigenvalue weighted by Crippen LogP contribution is -2.34. The fraction of sp³-hybridized carbons (Fsp3) is 0.484. The first-order valence-electron chi connectivity index (χ1n) is 14.0. The molecule has 0 saturated heterocycles. The van der Waals surface area contributed by atoms with Crippen LogP contribution in [0, 0.1) is 6.92 Å². The Bertz CT molecular complexity index is 1020. The van der Waals surface area contributed by atoms with E-state index in [1.165, 1.54) is 57.6 Å². The summed E-state index contributed by atoms with van der Waals surface area (Å²) < 4.78 is 5.39. The number of carbonyl (C=O) groups excluding carboxylic acids is 3. The molecule has 2 rings (SSSR count). The van der Waals surface area contributed by atoms with Crippen molar-refractivity contribution >= 4 is 24.0 Å². The van der Waals surface area contributed by atoms with Gasteiger partial charge in [0, 0.05) is 6.42 Å². The van der Waals surface area contributed by atoms with E-state index in [1.54, 1.807) is 36.4 Å². The molecule has 0 unspecified atom stereocenters. The quantitative estimate of drug-likeness (QED) is 0.0771. The van der Waals surface area contributed by atoms with Crippen LogP contribution in [0.25, 0.3) is 0 Å². The van der Waals surface area contributed by atoms with Crippen molar-refractivity contribution in [3.05, 3.63) is 65.2 Å². The number of rotatable bonds is 18. The Morgan fingerprint density at radius 3 is 2.08 bits per heavy atom. The minimum Gasteiger partial charge on any atom is -0.423 e. The summed E-state index contributed by atoms with van der Waals surface area (Å²) in [7, 11) is 0. The van der Waals surface area contributed by atoms with E-state index in [0.717, 1.165) is 30.4 Å². The third-order valence-corrected chi connectivity index (χ3v) is 6.20. The van der Waals surface area contributed by atoms with Gasteiger partial charge in [-0.2, -0.15) is 5.10 Å². The lowest BCUT2D eigenvalue weighted by Gasteiger charge is -2.05. The van der Waals surface area contributed by atoms with Crippen LogP contribution in [0.3, 0.4) is 0 Å². The smallest absolute Gasteiger partial charge is 0.343 e. The molecule has 2 aromatic rings. The Morgan fingerprint density at radius 2 is 1.45 bits per heavy atom.